The molecule has 136 valence electrons. The number of anilines is 1. The van der Waals surface area contributed by atoms with Crippen LogP contribution in [0.15, 0.2) is 36.4 Å². The van der Waals surface area contributed by atoms with Gasteiger partial charge in [0.05, 0.1) is 25.3 Å². The Bertz CT molecular complexity index is 962. The van der Waals surface area contributed by atoms with Crippen molar-refractivity contribution in [2.45, 2.75) is 20.3 Å². The van der Waals surface area contributed by atoms with Gasteiger partial charge in [-0.2, -0.15) is 0 Å². The van der Waals surface area contributed by atoms with Gasteiger partial charge in [-0.1, -0.05) is 13.0 Å². The van der Waals surface area contributed by atoms with Gasteiger partial charge in [-0.25, -0.2) is 4.98 Å². The average Bonchev–Trinajstić information content (AvgIpc) is 2.95. The van der Waals surface area contributed by atoms with E-state index in [9.17, 15) is 4.79 Å². The minimum absolute atomic E-state index is 0.00890. The smallest absolute Gasteiger partial charge is 0.235 e. The second-order valence-electron chi connectivity index (χ2n) is 6.38. The number of carbonyl (C=O) groups is 1. The van der Waals surface area contributed by atoms with Crippen molar-refractivity contribution >= 4 is 22.6 Å². The summed E-state index contributed by atoms with van der Waals surface area (Å²) >= 11 is 0. The number of nitrogen functional groups attached to an aromatic ring is 1. The van der Waals surface area contributed by atoms with E-state index in [0.29, 0.717) is 29.4 Å². The summed E-state index contributed by atoms with van der Waals surface area (Å²) in [5.41, 5.74) is 9.01. The maximum absolute atomic E-state index is 13.1. The third-order valence-corrected chi connectivity index (χ3v) is 4.48. The summed E-state index contributed by atoms with van der Waals surface area (Å²) in [4.78, 5) is 17.5. The number of imidazole rings is 1. The van der Waals surface area contributed by atoms with Crippen LogP contribution in [0.1, 0.15) is 23.1 Å². The van der Waals surface area contributed by atoms with Crippen molar-refractivity contribution in [3.05, 3.63) is 47.8 Å². The van der Waals surface area contributed by atoms with Crippen molar-refractivity contribution in [1.29, 1.82) is 0 Å². The second-order valence-corrected chi connectivity index (χ2v) is 6.38. The molecule has 6 heteroatoms. The molecule has 2 N–H and O–H groups in total. The zero-order valence-electron chi connectivity index (χ0n) is 15.4. The Morgan fingerprint density at radius 2 is 1.88 bits per heavy atom. The van der Waals surface area contributed by atoms with Crippen molar-refractivity contribution in [3.63, 3.8) is 0 Å². The molecule has 1 aromatic heterocycles. The van der Waals surface area contributed by atoms with Crippen LogP contribution >= 0.6 is 0 Å². The summed E-state index contributed by atoms with van der Waals surface area (Å²) in [6.07, 6.45) is 0.584. The highest BCUT2D eigenvalue weighted by molar-refractivity contribution is 5.93. The lowest BCUT2D eigenvalue weighted by molar-refractivity contribution is 0.0847. The molecule has 3 aromatic rings. The first-order valence-corrected chi connectivity index (χ1v) is 8.44. The molecule has 26 heavy (non-hydrogen) atoms. The molecule has 0 amide bonds. The molecule has 0 aliphatic carbocycles. The SMILES string of the molecule is COc1ccc(CC(C)C(=O)n2c(C)nc3ccc(N)cc32)cc1OC. The van der Waals surface area contributed by atoms with Crippen LogP contribution in [0.4, 0.5) is 5.69 Å². The first kappa shape index (κ1) is 17.8. The number of aromatic nitrogens is 2. The maximum Gasteiger partial charge on any atom is 0.235 e. The first-order chi connectivity index (χ1) is 12.4. The first-order valence-electron chi connectivity index (χ1n) is 8.44. The van der Waals surface area contributed by atoms with Crippen LogP contribution in [0, 0.1) is 12.8 Å². The highest BCUT2D eigenvalue weighted by Gasteiger charge is 2.21. The normalized spacial score (nSPS) is 12.2. The summed E-state index contributed by atoms with van der Waals surface area (Å²) in [6, 6.07) is 11.1. The largest absolute Gasteiger partial charge is 0.493 e. The van der Waals surface area contributed by atoms with Gasteiger partial charge in [0.2, 0.25) is 5.91 Å². The number of ether oxygens (including phenoxy) is 2. The number of carbonyl (C=O) groups excluding carboxylic acids is 1. The zero-order chi connectivity index (χ0) is 18.8. The van der Waals surface area contributed by atoms with E-state index in [-0.39, 0.29) is 11.8 Å². The van der Waals surface area contributed by atoms with E-state index < -0.39 is 0 Å². The number of fused-ring (bicyclic) bond motifs is 1. The fourth-order valence-corrected chi connectivity index (χ4v) is 3.16. The van der Waals surface area contributed by atoms with E-state index in [1.165, 1.54) is 0 Å². The van der Waals surface area contributed by atoms with E-state index >= 15 is 0 Å². The highest BCUT2D eigenvalue weighted by atomic mass is 16.5. The molecule has 1 atom stereocenters. The molecule has 2 aromatic carbocycles. The molecule has 6 nitrogen and oxygen atoms in total. The fraction of sp³-hybridized carbons (Fsp3) is 0.300. The van der Waals surface area contributed by atoms with Crippen LogP contribution in [-0.2, 0) is 6.42 Å². The van der Waals surface area contributed by atoms with Gasteiger partial charge in [-0.15, -0.1) is 0 Å². The van der Waals surface area contributed by atoms with Gasteiger partial charge in [0.15, 0.2) is 11.5 Å². The molecule has 0 spiro atoms. The summed E-state index contributed by atoms with van der Waals surface area (Å²) in [7, 11) is 3.20. The summed E-state index contributed by atoms with van der Waals surface area (Å²) < 4.78 is 12.3. The molecule has 0 saturated carbocycles. The summed E-state index contributed by atoms with van der Waals surface area (Å²) in [6.45, 7) is 3.74. The lowest BCUT2D eigenvalue weighted by atomic mass is 9.99. The predicted octanol–water partition coefficient (Wildman–Crippen LogP) is 3.46. The van der Waals surface area contributed by atoms with Crippen molar-refractivity contribution in [1.82, 2.24) is 9.55 Å². The zero-order valence-corrected chi connectivity index (χ0v) is 15.4. The van der Waals surface area contributed by atoms with Crippen LogP contribution in [0.2, 0.25) is 0 Å². The van der Waals surface area contributed by atoms with Gasteiger partial charge in [0.25, 0.3) is 0 Å². The highest BCUT2D eigenvalue weighted by Crippen LogP contribution is 2.29. The predicted molar refractivity (Wildman–Crippen MR) is 102 cm³/mol. The quantitative estimate of drug-likeness (QED) is 0.711. The maximum atomic E-state index is 13.1. The number of methoxy groups -OCH3 is 2. The number of benzene rings is 2. The van der Waals surface area contributed by atoms with E-state index in [4.69, 9.17) is 15.2 Å². The molecule has 0 saturated heterocycles. The number of hydrogen-bond acceptors (Lipinski definition) is 5. The Hall–Kier alpha value is -3.02. The monoisotopic (exact) mass is 353 g/mol. The standard InChI is InChI=1S/C20H23N3O3/c1-12(9-14-5-8-18(25-3)19(10-14)26-4)20(24)23-13(2)22-16-7-6-15(21)11-17(16)23/h5-8,10-12H,9,21H2,1-4H3. The third-order valence-electron chi connectivity index (χ3n) is 4.48. The van der Waals surface area contributed by atoms with Crippen LogP contribution in [-0.4, -0.2) is 29.7 Å². The van der Waals surface area contributed by atoms with Crippen molar-refractivity contribution < 1.29 is 14.3 Å². The van der Waals surface area contributed by atoms with E-state index in [1.54, 1.807) is 30.9 Å². The van der Waals surface area contributed by atoms with E-state index in [0.717, 1.165) is 16.6 Å². The molecule has 0 aliphatic heterocycles. The van der Waals surface area contributed by atoms with Crippen LogP contribution in [0.3, 0.4) is 0 Å². The van der Waals surface area contributed by atoms with Gasteiger partial charge < -0.3 is 15.2 Å². The Kier molecular flexibility index (Phi) is 4.84. The number of nitrogens with two attached hydrogens (primary N) is 1. The molecule has 0 aliphatic rings. The lowest BCUT2D eigenvalue weighted by Gasteiger charge is -2.15. The number of rotatable bonds is 5. The number of nitrogens with zero attached hydrogens (tertiary/aromatic N) is 2. The Morgan fingerprint density at radius 3 is 2.58 bits per heavy atom. The minimum atomic E-state index is -0.231. The lowest BCUT2D eigenvalue weighted by Crippen LogP contribution is -2.22. The number of hydrogen-bond donors (Lipinski definition) is 1. The van der Waals surface area contributed by atoms with Gasteiger partial charge in [-0.05, 0) is 49.2 Å². The van der Waals surface area contributed by atoms with Crippen LogP contribution < -0.4 is 15.2 Å². The number of aryl methyl sites for hydroxylation is 1. The molecular formula is C20H23N3O3. The Labute approximate surface area is 152 Å². The molecular weight excluding hydrogens is 330 g/mol. The fourth-order valence-electron chi connectivity index (χ4n) is 3.16. The van der Waals surface area contributed by atoms with Crippen molar-refractivity contribution in [2.24, 2.45) is 5.92 Å². The summed E-state index contributed by atoms with van der Waals surface area (Å²) in [5, 5.41) is 0. The average molecular weight is 353 g/mol. The van der Waals surface area contributed by atoms with Crippen molar-refractivity contribution in [3.8, 4) is 11.5 Å². The summed E-state index contributed by atoms with van der Waals surface area (Å²) in [5.74, 6) is 1.75. The topological polar surface area (TPSA) is 79.4 Å². The molecule has 1 unspecified atom stereocenters. The van der Waals surface area contributed by atoms with Gasteiger partial charge in [0.1, 0.15) is 5.82 Å². The van der Waals surface area contributed by atoms with Gasteiger partial charge in [0, 0.05) is 11.6 Å². The van der Waals surface area contributed by atoms with E-state index in [2.05, 4.69) is 4.98 Å². The Balaban J connectivity index is 1.89. The molecule has 0 bridgehead atoms. The molecule has 0 radical (unpaired) electrons. The Morgan fingerprint density at radius 1 is 1.15 bits per heavy atom. The van der Waals surface area contributed by atoms with Crippen molar-refractivity contribution in [2.75, 3.05) is 20.0 Å². The molecule has 3 rings (SSSR count). The van der Waals surface area contributed by atoms with E-state index in [1.807, 2.05) is 38.1 Å². The van der Waals surface area contributed by atoms with Gasteiger partial charge in [-0.3, -0.25) is 9.36 Å². The molecule has 1 heterocycles. The van der Waals surface area contributed by atoms with Gasteiger partial charge >= 0.3 is 0 Å². The van der Waals surface area contributed by atoms with Crippen LogP contribution in [0.5, 0.6) is 11.5 Å². The third kappa shape index (κ3) is 3.22. The second kappa shape index (κ2) is 7.07. The minimum Gasteiger partial charge on any atom is -0.493 e. The van der Waals surface area contributed by atoms with Crippen LogP contribution in [0.25, 0.3) is 11.0 Å². The molecule has 0 fully saturated rings.